The lowest BCUT2D eigenvalue weighted by Gasteiger charge is -2.07. The van der Waals surface area contributed by atoms with E-state index in [1.807, 2.05) is 24.3 Å². The first-order chi connectivity index (χ1) is 16.2. The molecule has 34 heavy (non-hydrogen) atoms. The molecule has 9 nitrogen and oxygen atoms in total. The number of non-ortho nitro benzene ring substituents is 1. The van der Waals surface area contributed by atoms with E-state index in [9.17, 15) is 23.3 Å². The quantitative estimate of drug-likeness (QED) is 0.194. The molecule has 0 atom stereocenters. The number of aliphatic imine (C=N–C) groups is 1. The Balaban J connectivity index is 1.47. The summed E-state index contributed by atoms with van der Waals surface area (Å²) in [4.78, 5) is 27.1. The fourth-order valence-corrected chi connectivity index (χ4v) is 4.95. The third kappa shape index (κ3) is 5.53. The maximum atomic E-state index is 12.4. The standard InChI is InChI=1S/C22H14BrN3O6S2/c23-18-3-1-2-4-19(18)24-22-25-21(27)20(33-22)13-14-5-9-16(10-6-14)32-34(30,31)17-11-7-15(8-12-17)26(28)29/h1-13H,(H,24,25,27)/b20-13+. The van der Waals surface area contributed by atoms with Crippen LogP contribution in [0.5, 0.6) is 5.75 Å². The van der Waals surface area contributed by atoms with Crippen molar-refractivity contribution < 1.29 is 22.3 Å². The van der Waals surface area contributed by atoms with Gasteiger partial charge in [-0.1, -0.05) is 24.3 Å². The zero-order chi connectivity index (χ0) is 24.3. The molecule has 1 fully saturated rings. The summed E-state index contributed by atoms with van der Waals surface area (Å²) in [6.45, 7) is 0. The molecule has 1 saturated heterocycles. The van der Waals surface area contributed by atoms with Crippen molar-refractivity contribution in [3.05, 3.63) is 97.9 Å². The normalized spacial score (nSPS) is 16.0. The largest absolute Gasteiger partial charge is 0.379 e. The van der Waals surface area contributed by atoms with Crippen LogP contribution < -0.4 is 9.50 Å². The molecule has 0 saturated carbocycles. The van der Waals surface area contributed by atoms with Gasteiger partial charge in [0, 0.05) is 16.6 Å². The number of nitrogens with one attached hydrogen (secondary N) is 1. The summed E-state index contributed by atoms with van der Waals surface area (Å²) < 4.78 is 30.7. The predicted octanol–water partition coefficient (Wildman–Crippen LogP) is 5.02. The second-order valence-electron chi connectivity index (χ2n) is 6.79. The number of halogens is 1. The Hall–Kier alpha value is -3.48. The second kappa shape index (κ2) is 9.79. The van der Waals surface area contributed by atoms with Crippen LogP contribution in [0.3, 0.4) is 0 Å². The lowest BCUT2D eigenvalue weighted by atomic mass is 10.2. The molecule has 0 radical (unpaired) electrons. The van der Waals surface area contributed by atoms with Crippen molar-refractivity contribution in [3.8, 4) is 5.75 Å². The Morgan fingerprint density at radius 3 is 2.35 bits per heavy atom. The zero-order valence-corrected chi connectivity index (χ0v) is 20.3. The van der Waals surface area contributed by atoms with Crippen LogP contribution >= 0.6 is 27.7 Å². The summed E-state index contributed by atoms with van der Waals surface area (Å²) in [6, 6.07) is 17.9. The molecule has 0 unspecified atom stereocenters. The van der Waals surface area contributed by atoms with Crippen molar-refractivity contribution >= 4 is 66.3 Å². The van der Waals surface area contributed by atoms with E-state index < -0.39 is 15.0 Å². The van der Waals surface area contributed by atoms with Crippen LogP contribution in [-0.2, 0) is 14.9 Å². The molecule has 1 N–H and O–H groups in total. The minimum atomic E-state index is -4.17. The number of para-hydroxylation sites is 1. The van der Waals surface area contributed by atoms with E-state index in [1.165, 1.54) is 23.9 Å². The Morgan fingerprint density at radius 1 is 1.03 bits per heavy atom. The van der Waals surface area contributed by atoms with Gasteiger partial charge in [-0.05, 0) is 75.7 Å². The van der Waals surface area contributed by atoms with E-state index in [2.05, 4.69) is 26.2 Å². The fraction of sp³-hybridized carbons (Fsp3) is 0. The maximum Gasteiger partial charge on any atom is 0.339 e. The molecule has 1 amide bonds. The number of rotatable bonds is 6. The Morgan fingerprint density at radius 2 is 1.71 bits per heavy atom. The third-order valence-corrected chi connectivity index (χ3v) is 7.29. The predicted molar refractivity (Wildman–Crippen MR) is 132 cm³/mol. The number of thioether (sulfide) groups is 1. The van der Waals surface area contributed by atoms with Gasteiger partial charge >= 0.3 is 10.1 Å². The molecule has 0 bridgehead atoms. The highest BCUT2D eigenvalue weighted by Gasteiger charge is 2.24. The smallest absolute Gasteiger partial charge is 0.339 e. The summed E-state index contributed by atoms with van der Waals surface area (Å²) in [5.74, 6) is -0.239. The minimum Gasteiger partial charge on any atom is -0.379 e. The molecule has 172 valence electrons. The highest BCUT2D eigenvalue weighted by atomic mass is 79.9. The molecular formula is C22H14BrN3O6S2. The van der Waals surface area contributed by atoms with Crippen molar-refractivity contribution in [2.75, 3.05) is 0 Å². The Labute approximate surface area is 207 Å². The number of nitrogens with zero attached hydrogens (tertiary/aromatic N) is 2. The van der Waals surface area contributed by atoms with E-state index in [-0.39, 0.29) is 22.2 Å². The highest BCUT2D eigenvalue weighted by Crippen LogP contribution is 2.31. The van der Waals surface area contributed by atoms with E-state index in [0.717, 1.165) is 28.7 Å². The third-order valence-electron chi connectivity index (χ3n) is 4.45. The monoisotopic (exact) mass is 559 g/mol. The van der Waals surface area contributed by atoms with Gasteiger partial charge in [0.15, 0.2) is 5.17 Å². The van der Waals surface area contributed by atoms with Crippen molar-refractivity contribution in [3.63, 3.8) is 0 Å². The Bertz CT molecular complexity index is 1440. The number of amidine groups is 1. The van der Waals surface area contributed by atoms with E-state index >= 15 is 0 Å². The van der Waals surface area contributed by atoms with Crippen LogP contribution in [0.1, 0.15) is 5.56 Å². The first-order valence-electron chi connectivity index (χ1n) is 9.54. The van der Waals surface area contributed by atoms with Gasteiger partial charge < -0.3 is 9.50 Å². The van der Waals surface area contributed by atoms with Crippen LogP contribution in [0, 0.1) is 10.1 Å². The van der Waals surface area contributed by atoms with Gasteiger partial charge in [-0.15, -0.1) is 0 Å². The van der Waals surface area contributed by atoms with Gasteiger partial charge in [0.1, 0.15) is 10.6 Å². The number of amides is 1. The molecule has 4 rings (SSSR count). The van der Waals surface area contributed by atoms with Crippen molar-refractivity contribution in [1.82, 2.24) is 5.32 Å². The average Bonchev–Trinajstić information content (AvgIpc) is 3.15. The Kier molecular flexibility index (Phi) is 6.82. The van der Waals surface area contributed by atoms with Gasteiger partial charge in [-0.25, -0.2) is 4.99 Å². The maximum absolute atomic E-state index is 12.4. The van der Waals surface area contributed by atoms with E-state index in [4.69, 9.17) is 4.18 Å². The topological polar surface area (TPSA) is 128 Å². The summed E-state index contributed by atoms with van der Waals surface area (Å²) in [5.41, 5.74) is 1.11. The summed E-state index contributed by atoms with van der Waals surface area (Å²) >= 11 is 4.60. The molecule has 3 aromatic rings. The number of benzene rings is 3. The number of nitro benzene ring substituents is 1. The molecule has 0 spiro atoms. The van der Waals surface area contributed by atoms with Crippen LogP contribution in [0.25, 0.3) is 6.08 Å². The molecule has 12 heteroatoms. The average molecular weight is 560 g/mol. The molecule has 0 aliphatic carbocycles. The van der Waals surface area contributed by atoms with Crippen LogP contribution in [0.2, 0.25) is 0 Å². The van der Waals surface area contributed by atoms with Gasteiger partial charge in [-0.2, -0.15) is 8.42 Å². The van der Waals surface area contributed by atoms with Crippen LogP contribution in [0.4, 0.5) is 11.4 Å². The van der Waals surface area contributed by atoms with Crippen LogP contribution in [0.15, 0.2) is 92.1 Å². The molecular weight excluding hydrogens is 546 g/mol. The number of carbonyl (C=O) groups is 1. The molecule has 1 aliphatic rings. The van der Waals surface area contributed by atoms with E-state index in [0.29, 0.717) is 21.3 Å². The van der Waals surface area contributed by atoms with Gasteiger partial charge in [0.05, 0.1) is 15.5 Å². The van der Waals surface area contributed by atoms with Crippen LogP contribution in [-0.4, -0.2) is 24.4 Å². The van der Waals surface area contributed by atoms with Gasteiger partial charge in [-0.3, -0.25) is 14.9 Å². The van der Waals surface area contributed by atoms with Gasteiger partial charge in [0.2, 0.25) is 0 Å². The fourth-order valence-electron chi connectivity index (χ4n) is 2.81. The molecule has 3 aromatic carbocycles. The molecule has 1 heterocycles. The number of nitro groups is 1. The van der Waals surface area contributed by atoms with Crippen molar-refractivity contribution in [2.45, 2.75) is 4.90 Å². The lowest BCUT2D eigenvalue weighted by Crippen LogP contribution is -2.19. The molecule has 0 aromatic heterocycles. The number of carbonyl (C=O) groups excluding carboxylic acids is 1. The first kappa shape index (κ1) is 23.7. The number of hydrogen-bond acceptors (Lipinski definition) is 8. The van der Waals surface area contributed by atoms with E-state index in [1.54, 1.807) is 18.2 Å². The van der Waals surface area contributed by atoms with Gasteiger partial charge in [0.25, 0.3) is 11.6 Å². The molecule has 1 aliphatic heterocycles. The first-order valence-corrected chi connectivity index (χ1v) is 12.6. The summed E-state index contributed by atoms with van der Waals surface area (Å²) in [6.07, 6.45) is 1.65. The highest BCUT2D eigenvalue weighted by molar-refractivity contribution is 9.10. The zero-order valence-electron chi connectivity index (χ0n) is 17.0. The van der Waals surface area contributed by atoms with Crippen molar-refractivity contribution in [1.29, 1.82) is 0 Å². The lowest BCUT2D eigenvalue weighted by molar-refractivity contribution is -0.384. The minimum absolute atomic E-state index is 0.0557. The number of hydrogen-bond donors (Lipinski definition) is 1. The SMILES string of the molecule is O=C1NC(=Nc2ccccc2Br)S/C1=C/c1ccc(OS(=O)(=O)c2ccc([N+](=O)[O-])cc2)cc1. The summed E-state index contributed by atoms with van der Waals surface area (Å²) in [7, 11) is -4.17. The summed E-state index contributed by atoms with van der Waals surface area (Å²) in [5, 5.41) is 13.9. The van der Waals surface area contributed by atoms with Crippen molar-refractivity contribution in [2.24, 2.45) is 4.99 Å². The second-order valence-corrected chi connectivity index (χ2v) is 10.2.